The van der Waals surface area contributed by atoms with Gasteiger partial charge in [0.1, 0.15) is 0 Å². The molecule has 1 atom stereocenters. The molecule has 0 aromatic heterocycles. The monoisotopic (exact) mass is 222 g/mol. The van der Waals surface area contributed by atoms with Crippen molar-refractivity contribution in [1.29, 1.82) is 5.41 Å². The second-order valence-corrected chi connectivity index (χ2v) is 4.99. The van der Waals surface area contributed by atoms with Gasteiger partial charge in [-0.3, -0.25) is 5.41 Å². The third-order valence-electron chi connectivity index (χ3n) is 2.29. The van der Waals surface area contributed by atoms with E-state index < -0.39 is 0 Å². The van der Waals surface area contributed by atoms with Crippen LogP contribution in [0.25, 0.3) is 0 Å². The zero-order valence-corrected chi connectivity index (χ0v) is 10.1. The van der Waals surface area contributed by atoms with Crippen LogP contribution in [0, 0.1) is 12.3 Å². The minimum absolute atomic E-state index is 0.280. The van der Waals surface area contributed by atoms with E-state index in [1.165, 1.54) is 10.5 Å². The average molecular weight is 222 g/mol. The van der Waals surface area contributed by atoms with Crippen molar-refractivity contribution in [2.45, 2.75) is 36.8 Å². The van der Waals surface area contributed by atoms with Crippen LogP contribution in [0.2, 0.25) is 0 Å². The van der Waals surface area contributed by atoms with E-state index in [2.05, 4.69) is 32.0 Å². The molecule has 0 amide bonds. The van der Waals surface area contributed by atoms with Crippen LogP contribution < -0.4 is 5.73 Å². The Balaban J connectivity index is 2.66. The summed E-state index contributed by atoms with van der Waals surface area (Å²) in [5.41, 5.74) is 6.73. The first-order valence-corrected chi connectivity index (χ1v) is 6.06. The van der Waals surface area contributed by atoms with Crippen molar-refractivity contribution in [2.75, 3.05) is 0 Å². The summed E-state index contributed by atoms with van der Waals surface area (Å²) in [5, 5.41) is 7.73. The fraction of sp³-hybridized carbons (Fsp3) is 0.417. The largest absolute Gasteiger partial charge is 0.388 e. The fourth-order valence-corrected chi connectivity index (χ4v) is 2.58. The van der Waals surface area contributed by atoms with Crippen molar-refractivity contribution < 1.29 is 0 Å². The van der Waals surface area contributed by atoms with E-state index in [4.69, 9.17) is 11.1 Å². The summed E-state index contributed by atoms with van der Waals surface area (Å²) < 4.78 is 0. The second kappa shape index (κ2) is 5.81. The van der Waals surface area contributed by atoms with E-state index >= 15 is 0 Å². The number of hydrogen-bond acceptors (Lipinski definition) is 2. The molecule has 0 aliphatic rings. The molecule has 0 bridgehead atoms. The third kappa shape index (κ3) is 3.96. The van der Waals surface area contributed by atoms with Gasteiger partial charge >= 0.3 is 0 Å². The first-order valence-electron chi connectivity index (χ1n) is 5.18. The maximum atomic E-state index is 7.31. The molecular weight excluding hydrogens is 204 g/mol. The van der Waals surface area contributed by atoms with E-state index in [-0.39, 0.29) is 5.84 Å². The minimum atomic E-state index is 0.280. The number of nitrogens with two attached hydrogens (primary N) is 1. The Morgan fingerprint density at radius 2 is 2.13 bits per heavy atom. The number of amidine groups is 1. The van der Waals surface area contributed by atoms with E-state index in [9.17, 15) is 0 Å². The van der Waals surface area contributed by atoms with E-state index in [0.717, 1.165) is 6.42 Å². The summed E-state index contributed by atoms with van der Waals surface area (Å²) in [6.45, 7) is 4.25. The molecule has 1 aromatic carbocycles. The molecule has 3 N–H and O–H groups in total. The molecular formula is C12H18N2S. The molecule has 0 saturated carbocycles. The highest BCUT2D eigenvalue weighted by molar-refractivity contribution is 8.00. The lowest BCUT2D eigenvalue weighted by Gasteiger charge is -2.14. The number of nitrogens with one attached hydrogen (secondary N) is 1. The summed E-state index contributed by atoms with van der Waals surface area (Å²) in [6.07, 6.45) is 1.72. The van der Waals surface area contributed by atoms with Crippen molar-refractivity contribution in [3.8, 4) is 0 Å². The zero-order chi connectivity index (χ0) is 11.3. The summed E-state index contributed by atoms with van der Waals surface area (Å²) in [4.78, 5) is 1.30. The van der Waals surface area contributed by atoms with E-state index in [1.54, 1.807) is 0 Å². The second-order valence-electron chi connectivity index (χ2n) is 3.64. The van der Waals surface area contributed by atoms with Gasteiger partial charge in [-0.2, -0.15) is 0 Å². The number of benzene rings is 1. The van der Waals surface area contributed by atoms with Gasteiger partial charge in [-0.15, -0.1) is 11.8 Å². The molecule has 0 spiro atoms. The van der Waals surface area contributed by atoms with Gasteiger partial charge in [-0.25, -0.2) is 0 Å². The lowest BCUT2D eigenvalue weighted by molar-refractivity contribution is 0.848. The predicted octanol–water partition coefficient (Wildman–Crippen LogP) is 3.19. The highest BCUT2D eigenvalue weighted by Crippen LogP contribution is 2.29. The van der Waals surface area contributed by atoms with E-state index in [0.29, 0.717) is 11.7 Å². The SMILES string of the molecule is CCC(CC(=N)N)Sc1ccccc1C. The van der Waals surface area contributed by atoms with Gasteiger partial charge < -0.3 is 5.73 Å². The van der Waals surface area contributed by atoms with Gasteiger partial charge in [0, 0.05) is 16.6 Å². The topological polar surface area (TPSA) is 49.9 Å². The Hall–Kier alpha value is -0.960. The van der Waals surface area contributed by atoms with Gasteiger partial charge in [0.25, 0.3) is 0 Å². The Labute approximate surface area is 95.8 Å². The number of rotatable bonds is 5. The van der Waals surface area contributed by atoms with Gasteiger partial charge in [-0.05, 0) is 25.0 Å². The molecule has 82 valence electrons. The maximum Gasteiger partial charge on any atom is 0.0916 e. The quantitative estimate of drug-likeness (QED) is 0.456. The van der Waals surface area contributed by atoms with Crippen LogP contribution in [-0.2, 0) is 0 Å². The van der Waals surface area contributed by atoms with Crippen molar-refractivity contribution >= 4 is 17.6 Å². The van der Waals surface area contributed by atoms with Crippen LogP contribution in [0.4, 0.5) is 0 Å². The summed E-state index contributed by atoms with van der Waals surface area (Å²) in [7, 11) is 0. The summed E-state index contributed by atoms with van der Waals surface area (Å²) in [5.74, 6) is 0.280. The summed E-state index contributed by atoms with van der Waals surface area (Å²) >= 11 is 1.82. The molecule has 3 heteroatoms. The minimum Gasteiger partial charge on any atom is -0.388 e. The molecule has 0 heterocycles. The highest BCUT2D eigenvalue weighted by atomic mass is 32.2. The van der Waals surface area contributed by atoms with Crippen LogP contribution in [0.5, 0.6) is 0 Å². The molecule has 1 aromatic rings. The standard InChI is InChI=1S/C12H18N2S/c1-3-10(8-12(13)14)15-11-7-5-4-6-9(11)2/h4-7,10H,3,8H2,1-2H3,(H3,13,14). The van der Waals surface area contributed by atoms with Crippen LogP contribution in [0.15, 0.2) is 29.2 Å². The smallest absolute Gasteiger partial charge is 0.0916 e. The molecule has 0 aliphatic heterocycles. The molecule has 2 nitrogen and oxygen atoms in total. The molecule has 0 saturated heterocycles. The fourth-order valence-electron chi connectivity index (χ4n) is 1.38. The Morgan fingerprint density at radius 3 is 2.67 bits per heavy atom. The van der Waals surface area contributed by atoms with Crippen LogP contribution in [0.1, 0.15) is 25.3 Å². The normalized spacial score (nSPS) is 12.4. The van der Waals surface area contributed by atoms with Crippen molar-refractivity contribution in [3.63, 3.8) is 0 Å². The van der Waals surface area contributed by atoms with Crippen molar-refractivity contribution in [2.24, 2.45) is 5.73 Å². The van der Waals surface area contributed by atoms with Crippen LogP contribution >= 0.6 is 11.8 Å². The first kappa shape index (κ1) is 12.1. The lowest BCUT2D eigenvalue weighted by Crippen LogP contribution is -2.16. The Kier molecular flexibility index (Phi) is 4.69. The third-order valence-corrected chi connectivity index (χ3v) is 3.84. The van der Waals surface area contributed by atoms with Gasteiger partial charge in [0.15, 0.2) is 0 Å². The number of thioether (sulfide) groups is 1. The van der Waals surface area contributed by atoms with E-state index in [1.807, 2.05) is 17.8 Å². The first-order chi connectivity index (χ1) is 7.13. The molecule has 15 heavy (non-hydrogen) atoms. The van der Waals surface area contributed by atoms with Crippen molar-refractivity contribution in [1.82, 2.24) is 0 Å². The predicted molar refractivity (Wildman–Crippen MR) is 67.6 cm³/mol. The Bertz CT molecular complexity index is 336. The van der Waals surface area contributed by atoms with Crippen LogP contribution in [-0.4, -0.2) is 11.1 Å². The average Bonchev–Trinajstić information content (AvgIpc) is 2.19. The summed E-state index contributed by atoms with van der Waals surface area (Å²) in [6, 6.07) is 8.34. The number of aryl methyl sites for hydroxylation is 1. The lowest BCUT2D eigenvalue weighted by atomic mass is 10.2. The van der Waals surface area contributed by atoms with Gasteiger partial charge in [0.05, 0.1) is 5.84 Å². The maximum absolute atomic E-state index is 7.31. The molecule has 1 unspecified atom stereocenters. The Morgan fingerprint density at radius 1 is 1.47 bits per heavy atom. The molecule has 0 fully saturated rings. The molecule has 1 rings (SSSR count). The molecule has 0 aliphatic carbocycles. The van der Waals surface area contributed by atoms with Gasteiger partial charge in [0.2, 0.25) is 0 Å². The zero-order valence-electron chi connectivity index (χ0n) is 9.29. The van der Waals surface area contributed by atoms with Crippen LogP contribution in [0.3, 0.4) is 0 Å². The number of hydrogen-bond donors (Lipinski definition) is 2. The molecule has 0 radical (unpaired) electrons. The highest BCUT2D eigenvalue weighted by Gasteiger charge is 2.10. The van der Waals surface area contributed by atoms with Crippen molar-refractivity contribution in [3.05, 3.63) is 29.8 Å². The van der Waals surface area contributed by atoms with Gasteiger partial charge in [-0.1, -0.05) is 25.1 Å².